The van der Waals surface area contributed by atoms with Gasteiger partial charge < -0.3 is 14.7 Å². The highest BCUT2D eigenvalue weighted by molar-refractivity contribution is 5.69. The van der Waals surface area contributed by atoms with Crippen molar-refractivity contribution in [2.24, 2.45) is 11.8 Å². The summed E-state index contributed by atoms with van der Waals surface area (Å²) in [6.07, 6.45) is -0.347. The maximum atomic E-state index is 12.2. The number of likely N-dealkylation sites (tertiary alicyclic amines) is 1. The zero-order valence-electron chi connectivity index (χ0n) is 14.1. The second-order valence-electron chi connectivity index (χ2n) is 7.60. The molecule has 3 atom stereocenters. The van der Waals surface area contributed by atoms with Crippen LogP contribution in [0.2, 0.25) is 0 Å². The molecule has 0 aromatic heterocycles. The van der Waals surface area contributed by atoms with E-state index in [9.17, 15) is 20.0 Å². The number of carbonyl (C=O) groups is 1. The quantitative estimate of drug-likeness (QED) is 0.676. The van der Waals surface area contributed by atoms with E-state index in [1.54, 1.807) is 11.0 Å². The van der Waals surface area contributed by atoms with Crippen LogP contribution in [0, 0.1) is 22.0 Å². The number of nitro groups is 1. The Hall–Kier alpha value is -2.15. The fourth-order valence-electron chi connectivity index (χ4n) is 3.87. The summed E-state index contributed by atoms with van der Waals surface area (Å²) < 4.78 is 5.38. The van der Waals surface area contributed by atoms with Crippen molar-refractivity contribution in [3.8, 4) is 0 Å². The van der Waals surface area contributed by atoms with E-state index in [4.69, 9.17) is 4.74 Å². The summed E-state index contributed by atoms with van der Waals surface area (Å²) in [6.45, 7) is 6.39. The number of hydrogen-bond donors (Lipinski definition) is 1. The van der Waals surface area contributed by atoms with E-state index in [0.717, 1.165) is 5.56 Å². The SMILES string of the molecule is CC(C)(C)OC(=O)N1C[C@@H]2[C@H](C1)[C@@]2(CO)c1cccc([N+](=O)[O-])c1. The van der Waals surface area contributed by atoms with Gasteiger partial charge in [-0.3, -0.25) is 10.1 Å². The molecule has 1 aromatic rings. The summed E-state index contributed by atoms with van der Waals surface area (Å²) in [5.74, 6) is 0.217. The minimum absolute atomic E-state index is 0.0225. The van der Waals surface area contributed by atoms with Gasteiger partial charge in [0.15, 0.2) is 0 Å². The Kier molecular flexibility index (Phi) is 3.79. The summed E-state index contributed by atoms with van der Waals surface area (Å²) >= 11 is 0. The van der Waals surface area contributed by atoms with Gasteiger partial charge in [-0.05, 0) is 38.2 Å². The minimum atomic E-state index is -0.544. The number of benzene rings is 1. The monoisotopic (exact) mass is 334 g/mol. The molecule has 1 saturated carbocycles. The van der Waals surface area contributed by atoms with Gasteiger partial charge in [0.05, 0.1) is 11.5 Å². The molecule has 7 heteroatoms. The summed E-state index contributed by atoms with van der Waals surface area (Å²) in [4.78, 5) is 24.4. The van der Waals surface area contributed by atoms with Crippen molar-refractivity contribution in [3.05, 3.63) is 39.9 Å². The molecule has 0 bridgehead atoms. The molecule has 130 valence electrons. The topological polar surface area (TPSA) is 92.9 Å². The second kappa shape index (κ2) is 5.44. The van der Waals surface area contributed by atoms with E-state index >= 15 is 0 Å². The zero-order chi connectivity index (χ0) is 17.7. The van der Waals surface area contributed by atoms with Crippen molar-refractivity contribution in [2.75, 3.05) is 19.7 Å². The van der Waals surface area contributed by atoms with Gasteiger partial charge in [-0.15, -0.1) is 0 Å². The van der Waals surface area contributed by atoms with Gasteiger partial charge in [-0.2, -0.15) is 0 Å². The lowest BCUT2D eigenvalue weighted by molar-refractivity contribution is -0.385. The number of piperidine rings is 1. The average Bonchev–Trinajstić information content (AvgIpc) is 2.87. The number of aliphatic hydroxyl groups excluding tert-OH is 1. The lowest BCUT2D eigenvalue weighted by Gasteiger charge is -2.28. The molecule has 24 heavy (non-hydrogen) atoms. The van der Waals surface area contributed by atoms with Gasteiger partial charge in [-0.1, -0.05) is 12.1 Å². The van der Waals surface area contributed by atoms with Gasteiger partial charge >= 0.3 is 6.09 Å². The molecule has 1 amide bonds. The van der Waals surface area contributed by atoms with E-state index in [1.165, 1.54) is 12.1 Å². The van der Waals surface area contributed by atoms with Crippen LogP contribution in [0.25, 0.3) is 0 Å². The summed E-state index contributed by atoms with van der Waals surface area (Å²) in [7, 11) is 0. The van der Waals surface area contributed by atoms with E-state index in [2.05, 4.69) is 0 Å². The maximum Gasteiger partial charge on any atom is 0.410 e. The fourth-order valence-corrected chi connectivity index (χ4v) is 3.87. The molecule has 0 unspecified atom stereocenters. The number of non-ortho nitro benzene ring substituents is 1. The number of ether oxygens (including phenoxy) is 1. The molecule has 1 saturated heterocycles. The number of aliphatic hydroxyl groups is 1. The number of nitro benzene ring substituents is 1. The highest BCUT2D eigenvalue weighted by Gasteiger charge is 2.69. The zero-order valence-corrected chi connectivity index (χ0v) is 14.1. The second-order valence-corrected chi connectivity index (χ2v) is 7.60. The lowest BCUT2D eigenvalue weighted by atomic mass is 9.90. The van der Waals surface area contributed by atoms with Gasteiger partial charge in [0, 0.05) is 30.6 Å². The third-order valence-corrected chi connectivity index (χ3v) is 5.04. The maximum absolute atomic E-state index is 12.2. The largest absolute Gasteiger partial charge is 0.444 e. The van der Waals surface area contributed by atoms with Gasteiger partial charge in [0.2, 0.25) is 0 Å². The van der Waals surface area contributed by atoms with Crippen molar-refractivity contribution < 1.29 is 19.6 Å². The summed E-state index contributed by atoms with van der Waals surface area (Å²) in [5.41, 5.74) is -0.227. The van der Waals surface area contributed by atoms with Crippen LogP contribution < -0.4 is 0 Å². The molecular formula is C17H22N2O5. The van der Waals surface area contributed by atoms with E-state index in [0.29, 0.717) is 13.1 Å². The van der Waals surface area contributed by atoms with Crippen molar-refractivity contribution in [1.82, 2.24) is 4.90 Å². The first-order chi connectivity index (χ1) is 11.2. The molecule has 1 N–H and O–H groups in total. The Balaban J connectivity index is 1.75. The van der Waals surface area contributed by atoms with Gasteiger partial charge in [0.1, 0.15) is 5.60 Å². The number of fused-ring (bicyclic) bond motifs is 1. The van der Waals surface area contributed by atoms with Crippen molar-refractivity contribution >= 4 is 11.8 Å². The standard InChI is InChI=1S/C17H22N2O5/c1-16(2,3)24-15(21)18-8-13-14(9-18)17(13,10-20)11-5-4-6-12(7-11)19(22)23/h4-7,13-14,20H,8-10H2,1-3H3/t13-,14+,17+. The molecule has 0 radical (unpaired) electrons. The van der Waals surface area contributed by atoms with E-state index in [-0.39, 0.29) is 30.2 Å². The number of nitrogens with zero attached hydrogens (tertiary/aromatic N) is 2. The Morgan fingerprint density at radius 1 is 1.42 bits per heavy atom. The molecule has 2 aliphatic rings. The van der Waals surface area contributed by atoms with Crippen LogP contribution in [0.15, 0.2) is 24.3 Å². The van der Waals surface area contributed by atoms with Crippen molar-refractivity contribution in [3.63, 3.8) is 0 Å². The molecule has 3 rings (SSSR count). The van der Waals surface area contributed by atoms with Crippen LogP contribution in [-0.2, 0) is 10.2 Å². The molecule has 1 aromatic carbocycles. The fraction of sp³-hybridized carbons (Fsp3) is 0.588. The molecule has 0 spiro atoms. The normalized spacial score (nSPS) is 28.4. The number of hydrogen-bond acceptors (Lipinski definition) is 5. The Morgan fingerprint density at radius 3 is 2.54 bits per heavy atom. The first-order valence-electron chi connectivity index (χ1n) is 8.03. The number of carbonyl (C=O) groups excluding carboxylic acids is 1. The predicted octanol–water partition coefficient (Wildman–Crippen LogP) is 2.32. The third kappa shape index (κ3) is 2.62. The lowest BCUT2D eigenvalue weighted by Crippen LogP contribution is -2.39. The highest BCUT2D eigenvalue weighted by Crippen LogP contribution is 2.63. The molecule has 7 nitrogen and oxygen atoms in total. The highest BCUT2D eigenvalue weighted by atomic mass is 16.6. The van der Waals surface area contributed by atoms with Crippen molar-refractivity contribution in [1.29, 1.82) is 0 Å². The predicted molar refractivity (Wildman–Crippen MR) is 86.6 cm³/mol. The van der Waals surface area contributed by atoms with Crippen LogP contribution in [0.4, 0.5) is 10.5 Å². The molecule has 1 heterocycles. The van der Waals surface area contributed by atoms with Crippen LogP contribution in [0.3, 0.4) is 0 Å². The van der Waals surface area contributed by atoms with Crippen LogP contribution in [0.1, 0.15) is 26.3 Å². The Morgan fingerprint density at radius 2 is 2.04 bits per heavy atom. The smallest absolute Gasteiger partial charge is 0.410 e. The van der Waals surface area contributed by atoms with Gasteiger partial charge in [0.25, 0.3) is 5.69 Å². The summed E-state index contributed by atoms with van der Waals surface area (Å²) in [5, 5.41) is 20.9. The molecule has 1 aliphatic heterocycles. The Labute approximate surface area is 140 Å². The van der Waals surface area contributed by atoms with Crippen LogP contribution in [0.5, 0.6) is 0 Å². The van der Waals surface area contributed by atoms with E-state index < -0.39 is 15.9 Å². The average molecular weight is 334 g/mol. The first-order valence-corrected chi connectivity index (χ1v) is 8.03. The van der Waals surface area contributed by atoms with Crippen LogP contribution >= 0.6 is 0 Å². The minimum Gasteiger partial charge on any atom is -0.444 e. The van der Waals surface area contributed by atoms with Crippen molar-refractivity contribution in [2.45, 2.75) is 31.8 Å². The molecular weight excluding hydrogens is 312 g/mol. The molecule has 2 fully saturated rings. The van der Waals surface area contributed by atoms with Gasteiger partial charge in [-0.25, -0.2) is 4.79 Å². The third-order valence-electron chi connectivity index (χ3n) is 5.04. The summed E-state index contributed by atoms with van der Waals surface area (Å²) in [6, 6.07) is 6.44. The molecule has 1 aliphatic carbocycles. The number of amides is 1. The van der Waals surface area contributed by atoms with E-state index in [1.807, 2.05) is 26.8 Å². The number of rotatable bonds is 3. The first kappa shape index (κ1) is 16.7. The van der Waals surface area contributed by atoms with Crippen LogP contribution in [-0.4, -0.2) is 46.3 Å². The Bertz CT molecular complexity index is 670.